The molecular weight excluding hydrogens is 529 g/mol. The second-order valence-corrected chi connectivity index (χ2v) is 12.7. The summed E-state index contributed by atoms with van der Waals surface area (Å²) in [5.74, 6) is -1.24. The van der Waals surface area contributed by atoms with Gasteiger partial charge in [-0.3, -0.25) is 0 Å². The Morgan fingerprint density at radius 2 is 1.79 bits per heavy atom. The molecule has 3 rings (SSSR count). The van der Waals surface area contributed by atoms with Crippen LogP contribution in [0.5, 0.6) is 5.75 Å². The molecule has 38 heavy (non-hydrogen) atoms. The molecule has 0 fully saturated rings. The first kappa shape index (κ1) is 30.2. The van der Waals surface area contributed by atoms with Gasteiger partial charge in [-0.1, -0.05) is 39.5 Å². The highest BCUT2D eigenvalue weighted by Gasteiger charge is 2.42. The van der Waals surface area contributed by atoms with Gasteiger partial charge in [-0.15, -0.1) is 11.8 Å². The van der Waals surface area contributed by atoms with E-state index in [2.05, 4.69) is 13.8 Å². The standard InChI is InChI=1S/C28H38FNO6S2/c1-5-7-13-28(14-8-6-2)18-30(21-11-9-20(29)10-12-21)22-15-25(37-4)23(16-26(22)38(33,34)19-28)36-17-24(35-3)27(31)32/h9-12,15-16,24H,5-8,13-14,17-19H2,1-4H3,(H,31,32)/t24-/m0/s1. The maximum absolute atomic E-state index is 14.1. The molecule has 1 atom stereocenters. The van der Waals surface area contributed by atoms with Crippen LogP contribution in [0, 0.1) is 11.2 Å². The first-order chi connectivity index (χ1) is 18.1. The Balaban J connectivity index is 2.20. The second-order valence-electron chi connectivity index (χ2n) is 9.87. The number of hydrogen-bond acceptors (Lipinski definition) is 7. The van der Waals surface area contributed by atoms with Crippen molar-refractivity contribution in [3.8, 4) is 5.75 Å². The number of carbonyl (C=O) groups is 1. The number of methoxy groups -OCH3 is 1. The summed E-state index contributed by atoms with van der Waals surface area (Å²) < 4.78 is 52.8. The molecule has 0 aliphatic carbocycles. The largest absolute Gasteiger partial charge is 0.489 e. The highest BCUT2D eigenvalue weighted by molar-refractivity contribution is 7.98. The number of ether oxygens (including phenoxy) is 2. The molecule has 0 unspecified atom stereocenters. The van der Waals surface area contributed by atoms with Gasteiger partial charge in [-0.05, 0) is 49.4 Å². The third kappa shape index (κ3) is 7.01. The van der Waals surface area contributed by atoms with Gasteiger partial charge in [0.05, 0.1) is 21.2 Å². The van der Waals surface area contributed by atoms with Crippen LogP contribution in [0.25, 0.3) is 0 Å². The topological polar surface area (TPSA) is 93.1 Å². The molecule has 2 aromatic carbocycles. The first-order valence-corrected chi connectivity index (χ1v) is 15.8. The highest BCUT2D eigenvalue weighted by atomic mass is 32.2. The molecule has 0 radical (unpaired) electrons. The summed E-state index contributed by atoms with van der Waals surface area (Å²) in [5, 5.41) is 9.33. The molecule has 1 aliphatic heterocycles. The van der Waals surface area contributed by atoms with Crippen molar-refractivity contribution in [2.45, 2.75) is 68.3 Å². The zero-order valence-electron chi connectivity index (χ0n) is 22.5. The molecule has 0 amide bonds. The van der Waals surface area contributed by atoms with E-state index in [0.29, 0.717) is 22.8 Å². The van der Waals surface area contributed by atoms with Crippen LogP contribution in [0.15, 0.2) is 46.2 Å². The summed E-state index contributed by atoms with van der Waals surface area (Å²) in [6, 6.07) is 9.43. The zero-order valence-corrected chi connectivity index (χ0v) is 24.2. The molecule has 1 heterocycles. The Morgan fingerprint density at radius 3 is 2.32 bits per heavy atom. The third-order valence-corrected chi connectivity index (χ3v) is 9.82. The fourth-order valence-electron chi connectivity index (χ4n) is 5.00. The normalized spacial score (nSPS) is 16.9. The Morgan fingerprint density at radius 1 is 1.16 bits per heavy atom. The van der Waals surface area contributed by atoms with Crippen LogP contribution in [-0.2, 0) is 19.4 Å². The highest BCUT2D eigenvalue weighted by Crippen LogP contribution is 2.47. The van der Waals surface area contributed by atoms with Crippen molar-refractivity contribution in [1.29, 1.82) is 0 Å². The van der Waals surface area contributed by atoms with Crippen LogP contribution < -0.4 is 9.64 Å². The molecule has 0 saturated heterocycles. The van der Waals surface area contributed by atoms with Gasteiger partial charge in [0.2, 0.25) is 0 Å². The minimum absolute atomic E-state index is 0.00142. The van der Waals surface area contributed by atoms with E-state index in [1.165, 1.54) is 37.1 Å². The summed E-state index contributed by atoms with van der Waals surface area (Å²) in [4.78, 5) is 14.2. The molecule has 2 aromatic rings. The predicted molar refractivity (Wildman–Crippen MR) is 149 cm³/mol. The Kier molecular flexibility index (Phi) is 10.5. The Bertz CT molecular complexity index is 1190. The molecule has 7 nitrogen and oxygen atoms in total. The van der Waals surface area contributed by atoms with Gasteiger partial charge in [0.25, 0.3) is 0 Å². The van der Waals surface area contributed by atoms with E-state index in [1.54, 1.807) is 18.2 Å². The molecular formula is C28H38FNO6S2. The number of benzene rings is 2. The number of sulfone groups is 1. The van der Waals surface area contributed by atoms with Gasteiger partial charge in [0.15, 0.2) is 15.9 Å². The minimum Gasteiger partial charge on any atom is -0.489 e. The molecule has 0 bridgehead atoms. The molecule has 1 N–H and O–H groups in total. The molecule has 0 saturated carbocycles. The smallest absolute Gasteiger partial charge is 0.336 e. The number of hydrogen-bond donors (Lipinski definition) is 1. The number of anilines is 2. The lowest BCUT2D eigenvalue weighted by Crippen LogP contribution is -2.38. The minimum atomic E-state index is -3.76. The fourth-order valence-corrected chi connectivity index (χ4v) is 7.66. The summed E-state index contributed by atoms with van der Waals surface area (Å²) in [6.45, 7) is 4.43. The van der Waals surface area contributed by atoms with Crippen LogP contribution in [0.4, 0.5) is 15.8 Å². The van der Waals surface area contributed by atoms with Crippen molar-refractivity contribution in [3.63, 3.8) is 0 Å². The lowest BCUT2D eigenvalue weighted by atomic mass is 9.79. The maximum Gasteiger partial charge on any atom is 0.336 e. The monoisotopic (exact) mass is 567 g/mol. The summed E-state index contributed by atoms with van der Waals surface area (Å²) >= 11 is 1.38. The second kappa shape index (κ2) is 13.2. The van der Waals surface area contributed by atoms with Crippen molar-refractivity contribution in [1.82, 2.24) is 0 Å². The predicted octanol–water partition coefficient (Wildman–Crippen LogP) is 6.32. The van der Waals surface area contributed by atoms with Gasteiger partial charge in [-0.2, -0.15) is 0 Å². The fraction of sp³-hybridized carbons (Fsp3) is 0.536. The van der Waals surface area contributed by atoms with Crippen LogP contribution >= 0.6 is 11.8 Å². The van der Waals surface area contributed by atoms with Crippen molar-refractivity contribution in [2.75, 3.05) is 37.2 Å². The molecule has 1 aliphatic rings. The molecule has 0 spiro atoms. The zero-order chi connectivity index (χ0) is 27.9. The third-order valence-electron chi connectivity index (χ3n) is 7.07. The molecule has 210 valence electrons. The summed E-state index contributed by atoms with van der Waals surface area (Å²) in [5.41, 5.74) is 0.751. The van der Waals surface area contributed by atoms with Crippen molar-refractivity contribution < 1.29 is 32.2 Å². The first-order valence-electron chi connectivity index (χ1n) is 13.0. The summed E-state index contributed by atoms with van der Waals surface area (Å²) in [7, 11) is -2.47. The lowest BCUT2D eigenvalue weighted by molar-refractivity contribution is -0.150. The van der Waals surface area contributed by atoms with Crippen LogP contribution in [0.3, 0.4) is 0 Å². The SMILES string of the molecule is CCCCC1(CCCC)CN(c2ccc(F)cc2)c2cc(SC)c(OC[C@H](OC)C(=O)O)cc2S(=O)(=O)C1. The van der Waals surface area contributed by atoms with Gasteiger partial charge < -0.3 is 19.5 Å². The van der Waals surface area contributed by atoms with Crippen LogP contribution in [0.2, 0.25) is 0 Å². The molecule has 10 heteroatoms. The Hall–Kier alpha value is -2.30. The summed E-state index contributed by atoms with van der Waals surface area (Å²) in [6.07, 6.45) is 5.91. The number of unbranched alkanes of at least 4 members (excludes halogenated alkanes) is 2. The Labute approximate surface area is 229 Å². The number of fused-ring (bicyclic) bond motifs is 1. The van der Waals surface area contributed by atoms with Crippen LogP contribution in [-0.4, -0.2) is 57.9 Å². The average molecular weight is 568 g/mol. The van der Waals surface area contributed by atoms with Gasteiger partial charge in [0.1, 0.15) is 18.2 Å². The quantitative estimate of drug-likeness (QED) is 0.281. The lowest BCUT2D eigenvalue weighted by Gasteiger charge is -2.37. The average Bonchev–Trinajstić information content (AvgIpc) is 2.98. The number of nitrogens with zero attached hydrogens (tertiary/aromatic N) is 1. The number of rotatable bonds is 13. The van der Waals surface area contributed by atoms with E-state index in [1.807, 2.05) is 11.2 Å². The van der Waals surface area contributed by atoms with Crippen molar-refractivity contribution >= 4 is 38.9 Å². The van der Waals surface area contributed by atoms with Gasteiger partial charge in [-0.25, -0.2) is 17.6 Å². The van der Waals surface area contributed by atoms with Crippen molar-refractivity contribution in [2.24, 2.45) is 5.41 Å². The van der Waals surface area contributed by atoms with Crippen molar-refractivity contribution in [3.05, 3.63) is 42.2 Å². The van der Waals surface area contributed by atoms with Gasteiger partial charge in [0, 0.05) is 30.8 Å². The van der Waals surface area contributed by atoms with E-state index in [9.17, 15) is 22.7 Å². The van der Waals surface area contributed by atoms with E-state index < -0.39 is 27.3 Å². The number of carboxylic acid groups (broad SMARTS) is 1. The van der Waals surface area contributed by atoms with E-state index in [-0.39, 0.29) is 28.8 Å². The van der Waals surface area contributed by atoms with E-state index in [4.69, 9.17) is 9.47 Å². The number of thioether (sulfide) groups is 1. The van der Waals surface area contributed by atoms with E-state index in [0.717, 1.165) is 38.5 Å². The number of aliphatic carboxylic acids is 1. The molecule has 0 aromatic heterocycles. The number of halogens is 1. The number of carboxylic acids is 1. The van der Waals surface area contributed by atoms with Gasteiger partial charge >= 0.3 is 5.97 Å². The maximum atomic E-state index is 14.1. The van der Waals surface area contributed by atoms with E-state index >= 15 is 0 Å². The van der Waals surface area contributed by atoms with Crippen LogP contribution in [0.1, 0.15) is 52.4 Å².